The van der Waals surface area contributed by atoms with Gasteiger partial charge in [-0.3, -0.25) is 0 Å². The fraction of sp³-hybridized carbons (Fsp3) is 0.722. The molecule has 0 aliphatic heterocycles. The monoisotopic (exact) mass is 308 g/mol. The summed E-state index contributed by atoms with van der Waals surface area (Å²) in [7, 11) is 0. The molecule has 0 aromatic carbocycles. The molecule has 0 amide bonds. The maximum atomic E-state index is 11.2. The molecule has 0 heterocycles. The van der Waals surface area contributed by atoms with Crippen LogP contribution in [0.1, 0.15) is 51.4 Å². The van der Waals surface area contributed by atoms with E-state index in [1.807, 2.05) is 0 Å². The van der Waals surface area contributed by atoms with Crippen molar-refractivity contribution < 1.29 is 19.0 Å². The van der Waals surface area contributed by atoms with Gasteiger partial charge in [0.05, 0.1) is 12.4 Å². The third-order valence-electron chi connectivity index (χ3n) is 5.04. The van der Waals surface area contributed by atoms with Crippen molar-refractivity contribution in [2.45, 2.75) is 63.6 Å². The molecule has 0 aromatic heterocycles. The first-order valence-electron chi connectivity index (χ1n) is 8.40. The Bertz CT molecular complexity index is 363. The van der Waals surface area contributed by atoms with Crippen molar-refractivity contribution in [3.63, 3.8) is 0 Å². The van der Waals surface area contributed by atoms with Crippen molar-refractivity contribution >= 4 is 5.97 Å². The molecule has 0 spiro atoms. The Morgan fingerprint density at radius 3 is 1.95 bits per heavy atom. The molecule has 124 valence electrons. The van der Waals surface area contributed by atoms with E-state index >= 15 is 0 Å². The highest BCUT2D eigenvalue weighted by molar-refractivity contribution is 5.81. The second-order valence-corrected chi connectivity index (χ2v) is 6.33. The molecule has 2 rings (SSSR count). The minimum absolute atomic E-state index is 0.0949. The predicted molar refractivity (Wildman–Crippen MR) is 85.0 cm³/mol. The average molecular weight is 308 g/mol. The van der Waals surface area contributed by atoms with E-state index in [4.69, 9.17) is 14.2 Å². The highest BCUT2D eigenvalue weighted by Gasteiger charge is 2.31. The molecule has 2 aliphatic rings. The Hall–Kier alpha value is -1.29. The Morgan fingerprint density at radius 1 is 0.909 bits per heavy atom. The van der Waals surface area contributed by atoms with Crippen molar-refractivity contribution in [1.82, 2.24) is 0 Å². The summed E-state index contributed by atoms with van der Waals surface area (Å²) in [5, 5.41) is 0. The summed E-state index contributed by atoms with van der Waals surface area (Å²) in [6.07, 6.45) is 12.1. The van der Waals surface area contributed by atoms with Crippen LogP contribution in [0.5, 0.6) is 0 Å². The Labute approximate surface area is 133 Å². The van der Waals surface area contributed by atoms with Crippen LogP contribution in [-0.2, 0) is 19.0 Å². The van der Waals surface area contributed by atoms with Gasteiger partial charge in [0.15, 0.2) is 6.79 Å². The molecule has 2 fully saturated rings. The van der Waals surface area contributed by atoms with E-state index in [0.717, 1.165) is 37.5 Å². The van der Waals surface area contributed by atoms with Gasteiger partial charge < -0.3 is 14.2 Å². The lowest BCUT2D eigenvalue weighted by atomic mass is 9.72. The van der Waals surface area contributed by atoms with Crippen LogP contribution in [0.25, 0.3) is 0 Å². The standard InChI is InChI=1S/C18H28O4/c1-3-18(19)22-17-11-7-15(8-12-17)14-5-9-16(10-6-14)21-13-20-4-2/h3-4,14-17H,1-2,5-13H2. The van der Waals surface area contributed by atoms with E-state index in [1.54, 1.807) is 0 Å². The molecule has 0 N–H and O–H groups in total. The Balaban J connectivity index is 1.65. The van der Waals surface area contributed by atoms with Gasteiger partial charge in [0.2, 0.25) is 0 Å². The third-order valence-corrected chi connectivity index (χ3v) is 5.04. The molecule has 22 heavy (non-hydrogen) atoms. The molecule has 4 heteroatoms. The summed E-state index contributed by atoms with van der Waals surface area (Å²) >= 11 is 0. The zero-order chi connectivity index (χ0) is 15.8. The van der Waals surface area contributed by atoms with Gasteiger partial charge >= 0.3 is 5.97 Å². The van der Waals surface area contributed by atoms with Crippen LogP contribution >= 0.6 is 0 Å². The number of carbonyl (C=O) groups excluding carboxylic acids is 1. The van der Waals surface area contributed by atoms with Gasteiger partial charge in [-0.25, -0.2) is 4.79 Å². The van der Waals surface area contributed by atoms with E-state index in [-0.39, 0.29) is 12.1 Å². The SMILES string of the molecule is C=COCOC1CCC(C2CCC(OC(=O)C=C)CC2)CC1. The van der Waals surface area contributed by atoms with Crippen LogP contribution in [-0.4, -0.2) is 25.0 Å². The molecule has 0 unspecified atom stereocenters. The smallest absolute Gasteiger partial charge is 0.330 e. The highest BCUT2D eigenvalue weighted by Crippen LogP contribution is 2.39. The minimum atomic E-state index is -0.289. The molecule has 4 nitrogen and oxygen atoms in total. The Morgan fingerprint density at radius 2 is 1.45 bits per heavy atom. The van der Waals surface area contributed by atoms with Crippen LogP contribution in [0.4, 0.5) is 0 Å². The first-order chi connectivity index (χ1) is 10.7. The van der Waals surface area contributed by atoms with Gasteiger partial charge in [-0.15, -0.1) is 0 Å². The van der Waals surface area contributed by atoms with Crippen LogP contribution in [0.2, 0.25) is 0 Å². The van der Waals surface area contributed by atoms with Crippen LogP contribution in [0.3, 0.4) is 0 Å². The quantitative estimate of drug-likeness (QED) is 0.235. The molecule has 0 saturated heterocycles. The topological polar surface area (TPSA) is 44.8 Å². The number of hydrogen-bond donors (Lipinski definition) is 0. The fourth-order valence-corrected chi connectivity index (χ4v) is 3.80. The summed E-state index contributed by atoms with van der Waals surface area (Å²) in [4.78, 5) is 11.2. The molecule has 0 aromatic rings. The molecule has 0 radical (unpaired) electrons. The van der Waals surface area contributed by atoms with Crippen molar-refractivity contribution in [3.8, 4) is 0 Å². The van der Waals surface area contributed by atoms with Crippen molar-refractivity contribution in [3.05, 3.63) is 25.5 Å². The summed E-state index contributed by atoms with van der Waals surface area (Å²) in [6, 6.07) is 0. The first kappa shape index (κ1) is 17.1. The maximum Gasteiger partial charge on any atom is 0.330 e. The molecule has 2 saturated carbocycles. The van der Waals surface area contributed by atoms with Gasteiger partial charge in [0.1, 0.15) is 6.10 Å². The molecule has 0 bridgehead atoms. The summed E-state index contributed by atoms with van der Waals surface area (Å²) < 4.78 is 16.0. The summed E-state index contributed by atoms with van der Waals surface area (Å²) in [5.41, 5.74) is 0. The number of carbonyl (C=O) groups is 1. The van der Waals surface area contributed by atoms with Gasteiger partial charge in [0, 0.05) is 6.08 Å². The van der Waals surface area contributed by atoms with E-state index in [0.29, 0.717) is 12.9 Å². The minimum Gasteiger partial charge on any atom is -0.476 e. The second kappa shape index (κ2) is 8.99. The molecular formula is C18H28O4. The third kappa shape index (κ3) is 5.16. The van der Waals surface area contributed by atoms with Crippen molar-refractivity contribution in [1.29, 1.82) is 0 Å². The molecule has 0 atom stereocenters. The van der Waals surface area contributed by atoms with E-state index in [2.05, 4.69) is 13.2 Å². The Kier molecular flexibility index (Phi) is 6.97. The number of esters is 1. The lowest BCUT2D eigenvalue weighted by Gasteiger charge is -2.37. The second-order valence-electron chi connectivity index (χ2n) is 6.33. The van der Waals surface area contributed by atoms with E-state index in [1.165, 1.54) is 38.0 Å². The maximum absolute atomic E-state index is 11.2. The van der Waals surface area contributed by atoms with Gasteiger partial charge in [-0.2, -0.15) is 0 Å². The fourth-order valence-electron chi connectivity index (χ4n) is 3.80. The van der Waals surface area contributed by atoms with Crippen LogP contribution in [0.15, 0.2) is 25.5 Å². The van der Waals surface area contributed by atoms with Crippen molar-refractivity contribution in [2.24, 2.45) is 11.8 Å². The summed E-state index contributed by atoms with van der Waals surface area (Å²) in [5.74, 6) is 1.29. The number of ether oxygens (including phenoxy) is 3. The lowest BCUT2D eigenvalue weighted by molar-refractivity contribution is -0.145. The van der Waals surface area contributed by atoms with Crippen molar-refractivity contribution in [2.75, 3.05) is 6.79 Å². The molecular weight excluding hydrogens is 280 g/mol. The van der Waals surface area contributed by atoms with Gasteiger partial charge in [-0.1, -0.05) is 13.2 Å². The zero-order valence-electron chi connectivity index (χ0n) is 13.4. The van der Waals surface area contributed by atoms with Gasteiger partial charge in [-0.05, 0) is 63.2 Å². The predicted octanol–water partition coefficient (Wildman–Crippen LogP) is 3.97. The van der Waals surface area contributed by atoms with Crippen LogP contribution in [0, 0.1) is 11.8 Å². The normalized spacial score (nSPS) is 32.0. The molecule has 2 aliphatic carbocycles. The average Bonchev–Trinajstić information content (AvgIpc) is 2.56. The summed E-state index contributed by atoms with van der Waals surface area (Å²) in [6.45, 7) is 7.27. The van der Waals surface area contributed by atoms with Crippen LogP contribution < -0.4 is 0 Å². The van der Waals surface area contributed by atoms with E-state index in [9.17, 15) is 4.79 Å². The lowest BCUT2D eigenvalue weighted by Crippen LogP contribution is -2.31. The first-order valence-corrected chi connectivity index (χ1v) is 8.40. The number of hydrogen-bond acceptors (Lipinski definition) is 4. The van der Waals surface area contributed by atoms with Gasteiger partial charge in [0.25, 0.3) is 0 Å². The highest BCUT2D eigenvalue weighted by atomic mass is 16.7. The largest absolute Gasteiger partial charge is 0.476 e. The number of rotatable bonds is 7. The zero-order valence-corrected chi connectivity index (χ0v) is 13.4. The van der Waals surface area contributed by atoms with E-state index < -0.39 is 0 Å².